The van der Waals surface area contributed by atoms with Crippen LogP contribution in [-0.4, -0.2) is 64.8 Å². The van der Waals surface area contributed by atoms with E-state index in [2.05, 4.69) is 20.2 Å². The standard InChI is InChI=1S/C20H30ClN5O5S/c1-13(17(30-5)18-22-10-14(21)11-23-18)32(27,28)12-16-24-25-19(26(16)8-9-29-4)15-6-7-20(2,3)31-15/h10-11,13,15,17H,6-9,12H2,1-5H3/t13-,15-,17-/m0/s1. The summed E-state index contributed by atoms with van der Waals surface area (Å²) in [6.07, 6.45) is 3.40. The highest BCUT2D eigenvalue weighted by molar-refractivity contribution is 7.91. The fourth-order valence-electron chi connectivity index (χ4n) is 3.76. The molecule has 1 aliphatic heterocycles. The molecule has 12 heteroatoms. The van der Waals surface area contributed by atoms with E-state index < -0.39 is 21.2 Å². The van der Waals surface area contributed by atoms with Crippen LogP contribution >= 0.6 is 11.6 Å². The predicted molar refractivity (Wildman–Crippen MR) is 118 cm³/mol. The van der Waals surface area contributed by atoms with Gasteiger partial charge in [0.2, 0.25) is 0 Å². The van der Waals surface area contributed by atoms with Crippen LogP contribution in [0.25, 0.3) is 0 Å². The van der Waals surface area contributed by atoms with Gasteiger partial charge in [-0.2, -0.15) is 0 Å². The van der Waals surface area contributed by atoms with Crippen molar-refractivity contribution in [3.05, 3.63) is 34.9 Å². The summed E-state index contributed by atoms with van der Waals surface area (Å²) in [6.45, 7) is 6.44. The van der Waals surface area contributed by atoms with Crippen molar-refractivity contribution in [3.63, 3.8) is 0 Å². The fourth-order valence-corrected chi connectivity index (χ4v) is 5.30. The highest BCUT2D eigenvalue weighted by atomic mass is 35.5. The molecule has 2 aromatic heterocycles. The molecule has 0 aromatic carbocycles. The van der Waals surface area contributed by atoms with Gasteiger partial charge in [-0.25, -0.2) is 18.4 Å². The van der Waals surface area contributed by atoms with Gasteiger partial charge in [-0.3, -0.25) is 0 Å². The van der Waals surface area contributed by atoms with Gasteiger partial charge in [0.1, 0.15) is 23.8 Å². The van der Waals surface area contributed by atoms with Crippen molar-refractivity contribution in [1.82, 2.24) is 24.7 Å². The topological polar surface area (TPSA) is 118 Å². The predicted octanol–water partition coefficient (Wildman–Crippen LogP) is 2.69. The molecule has 0 aliphatic carbocycles. The SMILES string of the molecule is COCCn1c(CS(=O)(=O)[C@@H](C)[C@H](OC)c2ncc(Cl)cn2)nnc1[C@@H]1CCC(C)(C)O1. The van der Waals surface area contributed by atoms with E-state index in [9.17, 15) is 8.42 Å². The van der Waals surface area contributed by atoms with Crippen molar-refractivity contribution < 1.29 is 22.6 Å². The maximum absolute atomic E-state index is 13.3. The number of hydrogen-bond acceptors (Lipinski definition) is 9. The second kappa shape index (κ2) is 10.1. The van der Waals surface area contributed by atoms with Gasteiger partial charge in [0.25, 0.3) is 0 Å². The molecule has 0 N–H and O–H groups in total. The van der Waals surface area contributed by atoms with Crippen molar-refractivity contribution >= 4 is 21.4 Å². The minimum Gasteiger partial charge on any atom is -0.383 e. The summed E-state index contributed by atoms with van der Waals surface area (Å²) in [6, 6.07) is 0. The number of methoxy groups -OCH3 is 2. The molecule has 1 aliphatic rings. The maximum atomic E-state index is 13.3. The van der Waals surface area contributed by atoms with Crippen LogP contribution in [0.4, 0.5) is 0 Å². The van der Waals surface area contributed by atoms with Gasteiger partial charge in [0, 0.05) is 33.2 Å². The number of ether oxygens (including phenoxy) is 3. The van der Waals surface area contributed by atoms with E-state index in [4.69, 9.17) is 25.8 Å². The average molecular weight is 488 g/mol. The Morgan fingerprint density at radius 2 is 1.97 bits per heavy atom. The number of hydrogen-bond donors (Lipinski definition) is 0. The van der Waals surface area contributed by atoms with E-state index in [0.717, 1.165) is 12.8 Å². The van der Waals surface area contributed by atoms with Gasteiger partial charge < -0.3 is 18.8 Å². The first-order valence-corrected chi connectivity index (χ1v) is 12.5. The van der Waals surface area contributed by atoms with Gasteiger partial charge >= 0.3 is 0 Å². The summed E-state index contributed by atoms with van der Waals surface area (Å²) in [4.78, 5) is 8.24. The summed E-state index contributed by atoms with van der Waals surface area (Å²) in [5.74, 6) is 0.893. The van der Waals surface area contributed by atoms with Crippen LogP contribution in [0, 0.1) is 0 Å². The number of halogens is 1. The van der Waals surface area contributed by atoms with Crippen LogP contribution in [0.15, 0.2) is 12.4 Å². The summed E-state index contributed by atoms with van der Waals surface area (Å²) in [7, 11) is -0.693. The Morgan fingerprint density at radius 1 is 1.28 bits per heavy atom. The van der Waals surface area contributed by atoms with Crippen molar-refractivity contribution in [1.29, 1.82) is 0 Å². The summed E-state index contributed by atoms with van der Waals surface area (Å²) >= 11 is 5.85. The fraction of sp³-hybridized carbons (Fsp3) is 0.700. The molecular weight excluding hydrogens is 458 g/mol. The molecule has 0 saturated carbocycles. The largest absolute Gasteiger partial charge is 0.383 e. The van der Waals surface area contributed by atoms with Gasteiger partial charge in [-0.1, -0.05) is 11.6 Å². The van der Waals surface area contributed by atoms with Gasteiger partial charge in [0.15, 0.2) is 21.5 Å². The number of aromatic nitrogens is 5. The first-order valence-electron chi connectivity index (χ1n) is 10.4. The molecule has 32 heavy (non-hydrogen) atoms. The summed E-state index contributed by atoms with van der Waals surface area (Å²) in [5, 5.41) is 7.93. The van der Waals surface area contributed by atoms with Crippen molar-refractivity contribution in [2.75, 3.05) is 20.8 Å². The molecule has 3 rings (SSSR count). The smallest absolute Gasteiger partial charge is 0.163 e. The van der Waals surface area contributed by atoms with Gasteiger partial charge in [-0.15, -0.1) is 10.2 Å². The molecule has 0 bridgehead atoms. The lowest BCUT2D eigenvalue weighted by Gasteiger charge is -2.22. The quantitative estimate of drug-likeness (QED) is 0.498. The number of rotatable bonds is 10. The molecule has 0 spiro atoms. The molecule has 178 valence electrons. The van der Waals surface area contributed by atoms with Crippen LogP contribution in [0.3, 0.4) is 0 Å². The summed E-state index contributed by atoms with van der Waals surface area (Å²) < 4.78 is 45.1. The number of sulfone groups is 1. The molecule has 0 amide bonds. The minimum atomic E-state index is -3.71. The Morgan fingerprint density at radius 3 is 2.53 bits per heavy atom. The third kappa shape index (κ3) is 5.63. The molecule has 0 radical (unpaired) electrons. The van der Waals surface area contributed by atoms with E-state index in [-0.39, 0.29) is 23.3 Å². The van der Waals surface area contributed by atoms with E-state index in [1.807, 2.05) is 13.8 Å². The lowest BCUT2D eigenvalue weighted by atomic mass is 10.1. The lowest BCUT2D eigenvalue weighted by molar-refractivity contribution is -0.0218. The highest BCUT2D eigenvalue weighted by Gasteiger charge is 2.38. The second-order valence-corrected chi connectivity index (χ2v) is 11.2. The Kier molecular flexibility index (Phi) is 7.87. The molecule has 3 atom stereocenters. The first kappa shape index (κ1) is 25.0. The van der Waals surface area contributed by atoms with Crippen molar-refractivity contribution in [3.8, 4) is 0 Å². The molecule has 3 heterocycles. The van der Waals surface area contributed by atoms with Crippen LogP contribution in [0.5, 0.6) is 0 Å². The zero-order chi connectivity index (χ0) is 23.5. The van der Waals surface area contributed by atoms with Crippen molar-refractivity contribution in [2.45, 2.75) is 69.0 Å². The zero-order valence-corrected chi connectivity index (χ0v) is 20.6. The Bertz CT molecular complexity index is 1010. The first-order chi connectivity index (χ1) is 15.1. The third-order valence-electron chi connectivity index (χ3n) is 5.60. The van der Waals surface area contributed by atoms with E-state index in [1.54, 1.807) is 18.6 Å². The highest BCUT2D eigenvalue weighted by Crippen LogP contribution is 2.38. The monoisotopic (exact) mass is 487 g/mol. The van der Waals surface area contributed by atoms with Crippen molar-refractivity contribution in [2.24, 2.45) is 0 Å². The minimum absolute atomic E-state index is 0.238. The Hall–Kier alpha value is -1.66. The van der Waals surface area contributed by atoms with Gasteiger partial charge in [-0.05, 0) is 33.6 Å². The molecule has 1 fully saturated rings. The molecule has 10 nitrogen and oxygen atoms in total. The molecule has 2 aromatic rings. The second-order valence-electron chi connectivity index (χ2n) is 8.45. The third-order valence-corrected chi connectivity index (χ3v) is 7.84. The number of nitrogens with zero attached hydrogens (tertiary/aromatic N) is 5. The van der Waals surface area contributed by atoms with E-state index in [1.165, 1.54) is 19.5 Å². The average Bonchev–Trinajstić information content (AvgIpc) is 3.30. The maximum Gasteiger partial charge on any atom is 0.163 e. The summed E-state index contributed by atoms with van der Waals surface area (Å²) in [5.41, 5.74) is -0.256. The normalized spacial score (nSPS) is 20.4. The molecule has 1 saturated heterocycles. The molecule has 0 unspecified atom stereocenters. The van der Waals surface area contributed by atoms with Gasteiger partial charge in [0.05, 0.1) is 22.5 Å². The van der Waals surface area contributed by atoms with Crippen LogP contribution in [0.2, 0.25) is 5.02 Å². The molecular formula is C20H30ClN5O5S. The zero-order valence-electron chi connectivity index (χ0n) is 19.0. The lowest BCUT2D eigenvalue weighted by Crippen LogP contribution is -2.30. The van der Waals surface area contributed by atoms with E-state index >= 15 is 0 Å². The Balaban J connectivity index is 1.86. The van der Waals surface area contributed by atoms with Crippen LogP contribution < -0.4 is 0 Å². The van der Waals surface area contributed by atoms with E-state index in [0.29, 0.717) is 29.8 Å². The Labute approximate surface area is 193 Å². The van der Waals surface area contributed by atoms with Crippen LogP contribution in [0.1, 0.15) is 63.3 Å². The van der Waals surface area contributed by atoms with Crippen LogP contribution in [-0.2, 0) is 36.3 Å².